The summed E-state index contributed by atoms with van der Waals surface area (Å²) in [5, 5.41) is 24.9. The van der Waals surface area contributed by atoms with E-state index in [1.165, 1.54) is 0 Å². The Balaban J connectivity index is 1.96. The molecule has 0 aromatic carbocycles. The normalized spacial score (nSPS) is 36.7. The highest BCUT2D eigenvalue weighted by Gasteiger charge is 2.48. The van der Waals surface area contributed by atoms with Gasteiger partial charge in [0.2, 0.25) is 0 Å². The van der Waals surface area contributed by atoms with E-state index < -0.39 is 38.3 Å². The fourth-order valence-electron chi connectivity index (χ4n) is 3.25. The topological polar surface area (TPSA) is 108 Å². The first-order chi connectivity index (χ1) is 9.70. The number of rotatable bonds is 4. The van der Waals surface area contributed by atoms with E-state index in [-0.39, 0.29) is 17.9 Å². The molecule has 0 aromatic rings. The molecule has 2 fully saturated rings. The lowest BCUT2D eigenvalue weighted by Crippen LogP contribution is -2.46. The van der Waals surface area contributed by atoms with Crippen molar-refractivity contribution >= 4 is 20.0 Å². The van der Waals surface area contributed by atoms with Crippen molar-refractivity contribution in [3.8, 4) is 0 Å². The number of hydrogen-bond acceptors (Lipinski definition) is 6. The highest BCUT2D eigenvalue weighted by molar-refractivity contribution is 6.78. The van der Waals surface area contributed by atoms with Gasteiger partial charge < -0.3 is 25.6 Å². The van der Waals surface area contributed by atoms with Crippen LogP contribution in [0.4, 0.5) is 0 Å². The van der Waals surface area contributed by atoms with Crippen molar-refractivity contribution in [1.82, 2.24) is 10.6 Å². The number of aliphatic carboxylic acids is 1. The second-order valence-corrected chi connectivity index (χ2v) is 12.3. The summed E-state index contributed by atoms with van der Waals surface area (Å²) in [7, 11) is -1.72. The van der Waals surface area contributed by atoms with Crippen LogP contribution < -0.4 is 10.6 Å². The largest absolute Gasteiger partial charge is 0.480 e. The number of β-amino-alcohol motifs (C(OH)–C–C–N with tert-alkyl or cyclic N) is 1. The molecule has 2 heterocycles. The van der Waals surface area contributed by atoms with Crippen LogP contribution in [0, 0.1) is 0 Å². The summed E-state index contributed by atoms with van der Waals surface area (Å²) >= 11 is 0. The van der Waals surface area contributed by atoms with Gasteiger partial charge in [-0.05, 0) is 0 Å². The van der Waals surface area contributed by atoms with Crippen LogP contribution in [-0.2, 0) is 14.3 Å². The molecule has 120 valence electrons. The number of aliphatic hydroxyl groups excluding tert-OH is 1. The number of carbonyl (C=O) groups is 2. The van der Waals surface area contributed by atoms with Crippen molar-refractivity contribution in [1.29, 1.82) is 0 Å². The Kier molecular flexibility index (Phi) is 4.71. The third kappa shape index (κ3) is 3.63. The maximum atomic E-state index is 12.3. The van der Waals surface area contributed by atoms with Crippen LogP contribution in [0.15, 0.2) is 0 Å². The zero-order chi connectivity index (χ0) is 15.8. The Bertz CT molecular complexity index is 425. The predicted octanol–water partition coefficient (Wildman–Crippen LogP) is -0.614. The molecule has 7 nitrogen and oxygen atoms in total. The summed E-state index contributed by atoms with van der Waals surface area (Å²) in [6.07, 6.45) is -0.656. The number of carbonyl (C=O) groups excluding carboxylic acids is 1. The molecule has 0 amide bonds. The standard InChI is InChI=1S/C13H24N2O5Si/c1-21(2,3)11-9(16)6-15-10(11)13(19)20-7-4-8(12(17)18)14-5-7/h7-11,14-16H,4-6H2,1-3H3,(H,17,18)/t7?,8-,9?,10-,11?/m0/s1. The van der Waals surface area contributed by atoms with Gasteiger partial charge in [-0.25, -0.2) is 0 Å². The van der Waals surface area contributed by atoms with Gasteiger partial charge in [-0.1, -0.05) is 19.6 Å². The molecule has 0 spiro atoms. The van der Waals surface area contributed by atoms with Crippen LogP contribution in [0.2, 0.25) is 25.2 Å². The summed E-state index contributed by atoms with van der Waals surface area (Å²) in [5.41, 5.74) is -0.0883. The number of aliphatic hydroxyl groups is 1. The predicted molar refractivity (Wildman–Crippen MR) is 78.8 cm³/mol. The molecular formula is C13H24N2O5Si. The van der Waals surface area contributed by atoms with Gasteiger partial charge in [0.1, 0.15) is 18.2 Å². The number of ether oxygens (including phenoxy) is 1. The van der Waals surface area contributed by atoms with Gasteiger partial charge in [0.15, 0.2) is 0 Å². The van der Waals surface area contributed by atoms with Crippen LogP contribution >= 0.6 is 0 Å². The van der Waals surface area contributed by atoms with E-state index in [4.69, 9.17) is 9.84 Å². The molecule has 0 saturated carbocycles. The van der Waals surface area contributed by atoms with E-state index in [2.05, 4.69) is 30.3 Å². The number of carboxylic acid groups (broad SMARTS) is 1. The van der Waals surface area contributed by atoms with Crippen molar-refractivity contribution < 1.29 is 24.5 Å². The van der Waals surface area contributed by atoms with Gasteiger partial charge in [0.05, 0.1) is 14.2 Å². The van der Waals surface area contributed by atoms with Crippen LogP contribution in [-0.4, -0.2) is 67.6 Å². The molecule has 0 aliphatic carbocycles. The van der Waals surface area contributed by atoms with Crippen molar-refractivity contribution in [2.75, 3.05) is 13.1 Å². The number of carboxylic acids is 1. The number of nitrogens with one attached hydrogen (secondary N) is 2. The molecule has 0 radical (unpaired) electrons. The van der Waals surface area contributed by atoms with Gasteiger partial charge in [-0.2, -0.15) is 0 Å². The molecule has 0 aromatic heterocycles. The van der Waals surface area contributed by atoms with E-state index in [0.717, 1.165) is 0 Å². The lowest BCUT2D eigenvalue weighted by atomic mass is 10.2. The first-order valence-electron chi connectivity index (χ1n) is 7.28. The molecule has 3 unspecified atom stereocenters. The molecule has 2 aliphatic rings. The highest BCUT2D eigenvalue weighted by atomic mass is 28.3. The van der Waals surface area contributed by atoms with Crippen molar-refractivity contribution in [3.63, 3.8) is 0 Å². The zero-order valence-corrected chi connectivity index (χ0v) is 13.6. The summed E-state index contributed by atoms with van der Waals surface area (Å²) in [6.45, 7) is 7.11. The van der Waals surface area contributed by atoms with E-state index in [0.29, 0.717) is 13.1 Å². The Hall–Kier alpha value is -0.963. The van der Waals surface area contributed by atoms with Crippen LogP contribution in [0.5, 0.6) is 0 Å². The summed E-state index contributed by atoms with van der Waals surface area (Å²) in [5.74, 6) is -1.31. The molecule has 21 heavy (non-hydrogen) atoms. The minimum atomic E-state index is -1.72. The quantitative estimate of drug-likeness (QED) is 0.404. The Morgan fingerprint density at radius 2 is 1.86 bits per heavy atom. The Morgan fingerprint density at radius 3 is 2.38 bits per heavy atom. The molecule has 2 rings (SSSR count). The zero-order valence-electron chi connectivity index (χ0n) is 12.6. The summed E-state index contributed by atoms with van der Waals surface area (Å²) < 4.78 is 5.43. The highest BCUT2D eigenvalue weighted by Crippen LogP contribution is 2.34. The van der Waals surface area contributed by atoms with Crippen LogP contribution in [0.25, 0.3) is 0 Å². The van der Waals surface area contributed by atoms with Gasteiger partial charge in [0, 0.05) is 25.1 Å². The minimum absolute atomic E-state index is 0.0883. The summed E-state index contributed by atoms with van der Waals surface area (Å²) in [6, 6.07) is -1.15. The molecule has 4 N–H and O–H groups in total. The first kappa shape index (κ1) is 16.4. The van der Waals surface area contributed by atoms with Crippen molar-refractivity contribution in [2.24, 2.45) is 0 Å². The summed E-state index contributed by atoms with van der Waals surface area (Å²) in [4.78, 5) is 23.2. The molecular weight excluding hydrogens is 292 g/mol. The lowest BCUT2D eigenvalue weighted by molar-refractivity contribution is -0.151. The van der Waals surface area contributed by atoms with Gasteiger partial charge >= 0.3 is 11.9 Å². The average Bonchev–Trinajstić information content (AvgIpc) is 2.94. The number of hydrogen-bond donors (Lipinski definition) is 4. The van der Waals surface area contributed by atoms with E-state index in [1.807, 2.05) is 0 Å². The van der Waals surface area contributed by atoms with Gasteiger partial charge in [0.25, 0.3) is 0 Å². The van der Waals surface area contributed by atoms with E-state index in [9.17, 15) is 14.7 Å². The SMILES string of the molecule is C[Si](C)(C)C1C(O)CN[C@@H]1C(=O)OC1CN[C@H](C(=O)O)C1. The monoisotopic (exact) mass is 316 g/mol. The molecule has 2 saturated heterocycles. The van der Waals surface area contributed by atoms with Gasteiger partial charge in [-0.15, -0.1) is 0 Å². The average molecular weight is 316 g/mol. The first-order valence-corrected chi connectivity index (χ1v) is 10.9. The fourth-order valence-corrected chi connectivity index (χ4v) is 5.78. The Morgan fingerprint density at radius 1 is 1.19 bits per heavy atom. The smallest absolute Gasteiger partial charge is 0.323 e. The van der Waals surface area contributed by atoms with E-state index in [1.54, 1.807) is 0 Å². The second-order valence-electron chi connectivity index (χ2n) is 6.94. The molecule has 8 heteroatoms. The number of esters is 1. The third-order valence-electron chi connectivity index (χ3n) is 4.25. The van der Waals surface area contributed by atoms with Crippen molar-refractivity contribution in [3.05, 3.63) is 0 Å². The van der Waals surface area contributed by atoms with E-state index >= 15 is 0 Å². The van der Waals surface area contributed by atoms with Crippen LogP contribution in [0.1, 0.15) is 6.42 Å². The third-order valence-corrected chi connectivity index (χ3v) is 6.96. The second kappa shape index (κ2) is 6.03. The lowest BCUT2D eigenvalue weighted by Gasteiger charge is -2.31. The fraction of sp³-hybridized carbons (Fsp3) is 0.846. The Labute approximate surface area is 125 Å². The molecule has 5 atom stereocenters. The molecule has 2 aliphatic heterocycles. The van der Waals surface area contributed by atoms with Crippen molar-refractivity contribution in [2.45, 2.75) is 55.9 Å². The minimum Gasteiger partial charge on any atom is -0.480 e. The molecule has 0 bridgehead atoms. The van der Waals surface area contributed by atoms with Gasteiger partial charge in [-0.3, -0.25) is 9.59 Å². The maximum absolute atomic E-state index is 12.3. The maximum Gasteiger partial charge on any atom is 0.323 e. The van der Waals surface area contributed by atoms with Crippen LogP contribution in [0.3, 0.4) is 0 Å².